The number of halogens is 2. The topological polar surface area (TPSA) is 33.4 Å². The summed E-state index contributed by atoms with van der Waals surface area (Å²) in [6.45, 7) is 1.80. The lowest BCUT2D eigenvalue weighted by Gasteiger charge is -2.09. The Kier molecular flexibility index (Phi) is 3.24. The number of benzene rings is 2. The summed E-state index contributed by atoms with van der Waals surface area (Å²) in [6, 6.07) is 11.2. The van der Waals surface area contributed by atoms with Crippen molar-refractivity contribution < 1.29 is 13.9 Å². The van der Waals surface area contributed by atoms with E-state index in [4.69, 9.17) is 16.0 Å². The predicted octanol–water partition coefficient (Wildman–Crippen LogP) is 4.62. The third-order valence-corrected chi connectivity index (χ3v) is 3.58. The summed E-state index contributed by atoms with van der Waals surface area (Å²) in [5.74, 6) is 0.0815. The van der Waals surface area contributed by atoms with Crippen LogP contribution in [-0.4, -0.2) is 5.11 Å². The van der Waals surface area contributed by atoms with Crippen molar-refractivity contribution in [1.82, 2.24) is 0 Å². The molecule has 0 spiro atoms. The number of furan rings is 1. The van der Waals surface area contributed by atoms with E-state index in [1.807, 2.05) is 0 Å². The lowest BCUT2D eigenvalue weighted by molar-refractivity contribution is 0.191. The van der Waals surface area contributed by atoms with Crippen molar-refractivity contribution in [2.45, 2.75) is 13.0 Å². The summed E-state index contributed by atoms with van der Waals surface area (Å²) in [6.07, 6.45) is -0.927. The van der Waals surface area contributed by atoms with Gasteiger partial charge in [-0.1, -0.05) is 23.7 Å². The summed E-state index contributed by atoms with van der Waals surface area (Å²) in [5.41, 5.74) is 1.92. The molecule has 3 rings (SSSR count). The van der Waals surface area contributed by atoms with Gasteiger partial charge in [-0.05, 0) is 42.8 Å². The van der Waals surface area contributed by atoms with Crippen LogP contribution in [0.1, 0.15) is 23.0 Å². The van der Waals surface area contributed by atoms with E-state index in [9.17, 15) is 9.50 Å². The van der Waals surface area contributed by atoms with Crippen LogP contribution < -0.4 is 0 Å². The van der Waals surface area contributed by atoms with Gasteiger partial charge in [-0.25, -0.2) is 4.39 Å². The first kappa shape index (κ1) is 13.2. The Morgan fingerprint density at radius 3 is 2.75 bits per heavy atom. The molecular weight excluding hydrogens is 279 g/mol. The number of hydrogen-bond acceptors (Lipinski definition) is 2. The van der Waals surface area contributed by atoms with E-state index in [2.05, 4.69) is 0 Å². The molecule has 20 heavy (non-hydrogen) atoms. The highest BCUT2D eigenvalue weighted by molar-refractivity contribution is 6.30. The first-order valence-corrected chi connectivity index (χ1v) is 6.56. The quantitative estimate of drug-likeness (QED) is 0.747. The third-order valence-electron chi connectivity index (χ3n) is 3.35. The molecule has 1 aromatic heterocycles. The van der Waals surface area contributed by atoms with E-state index in [0.29, 0.717) is 27.3 Å². The minimum atomic E-state index is -0.927. The molecule has 0 aliphatic carbocycles. The van der Waals surface area contributed by atoms with Crippen LogP contribution in [0.25, 0.3) is 11.0 Å². The van der Waals surface area contributed by atoms with Crippen LogP contribution in [0.15, 0.2) is 46.9 Å². The fraction of sp³-hybridized carbons (Fsp3) is 0.125. The minimum Gasteiger partial charge on any atom is -0.458 e. The maximum atomic E-state index is 13.3. The Labute approximate surface area is 120 Å². The van der Waals surface area contributed by atoms with Gasteiger partial charge in [0.1, 0.15) is 23.3 Å². The van der Waals surface area contributed by atoms with E-state index in [1.165, 1.54) is 12.1 Å². The van der Waals surface area contributed by atoms with Gasteiger partial charge in [-0.2, -0.15) is 0 Å². The van der Waals surface area contributed by atoms with Crippen molar-refractivity contribution in [3.63, 3.8) is 0 Å². The molecule has 0 fully saturated rings. The van der Waals surface area contributed by atoms with E-state index in [0.717, 1.165) is 5.56 Å². The lowest BCUT2D eigenvalue weighted by Crippen LogP contribution is -1.99. The van der Waals surface area contributed by atoms with Crippen molar-refractivity contribution in [1.29, 1.82) is 0 Å². The molecule has 3 aromatic rings. The largest absolute Gasteiger partial charge is 0.458 e. The highest BCUT2D eigenvalue weighted by Crippen LogP contribution is 2.33. The number of aryl methyl sites for hydroxylation is 1. The Bertz CT molecular complexity index is 779. The van der Waals surface area contributed by atoms with Gasteiger partial charge in [0.15, 0.2) is 0 Å². The summed E-state index contributed by atoms with van der Waals surface area (Å²) < 4.78 is 18.9. The molecule has 0 bridgehead atoms. The maximum Gasteiger partial charge on any atom is 0.141 e. The molecule has 1 atom stereocenters. The van der Waals surface area contributed by atoms with Crippen molar-refractivity contribution in [3.05, 3.63) is 70.2 Å². The van der Waals surface area contributed by atoms with Crippen molar-refractivity contribution in [2.24, 2.45) is 0 Å². The van der Waals surface area contributed by atoms with Gasteiger partial charge in [-0.15, -0.1) is 0 Å². The van der Waals surface area contributed by atoms with E-state index in [1.54, 1.807) is 37.3 Å². The molecule has 0 aliphatic heterocycles. The highest BCUT2D eigenvalue weighted by Gasteiger charge is 2.20. The zero-order chi connectivity index (χ0) is 14.3. The zero-order valence-electron chi connectivity index (χ0n) is 10.7. The van der Waals surface area contributed by atoms with E-state index < -0.39 is 6.10 Å². The SMILES string of the molecule is Cc1c(C(O)c2cccc(Cl)c2)oc2ccc(F)cc12. The van der Waals surface area contributed by atoms with Gasteiger partial charge in [0, 0.05) is 16.0 Å². The molecule has 0 aliphatic rings. The molecule has 2 aromatic carbocycles. The molecule has 4 heteroatoms. The molecule has 0 radical (unpaired) electrons. The molecule has 2 nitrogen and oxygen atoms in total. The van der Waals surface area contributed by atoms with Crippen LogP contribution >= 0.6 is 11.6 Å². The van der Waals surface area contributed by atoms with E-state index in [-0.39, 0.29) is 5.82 Å². The summed E-state index contributed by atoms with van der Waals surface area (Å²) in [7, 11) is 0. The number of aliphatic hydroxyl groups excluding tert-OH is 1. The average Bonchev–Trinajstić information content (AvgIpc) is 2.75. The van der Waals surface area contributed by atoms with E-state index >= 15 is 0 Å². The predicted molar refractivity (Wildman–Crippen MR) is 76.4 cm³/mol. The Morgan fingerprint density at radius 2 is 2.00 bits per heavy atom. The number of fused-ring (bicyclic) bond motifs is 1. The standard InChI is InChI=1S/C16H12ClFO2/c1-9-13-8-12(18)5-6-14(13)20-16(9)15(19)10-3-2-4-11(17)7-10/h2-8,15,19H,1H3. The van der Waals surface area contributed by atoms with Gasteiger partial charge in [0.2, 0.25) is 0 Å². The molecule has 102 valence electrons. The van der Waals surface area contributed by atoms with Gasteiger partial charge in [0.25, 0.3) is 0 Å². The number of rotatable bonds is 2. The smallest absolute Gasteiger partial charge is 0.141 e. The molecule has 0 saturated heterocycles. The van der Waals surface area contributed by atoms with Gasteiger partial charge in [-0.3, -0.25) is 0 Å². The van der Waals surface area contributed by atoms with Gasteiger partial charge < -0.3 is 9.52 Å². The number of aliphatic hydroxyl groups is 1. The second-order valence-electron chi connectivity index (χ2n) is 4.69. The molecule has 1 N–H and O–H groups in total. The second kappa shape index (κ2) is 4.93. The van der Waals surface area contributed by atoms with Crippen molar-refractivity contribution >= 4 is 22.6 Å². The molecule has 0 saturated carbocycles. The van der Waals surface area contributed by atoms with Crippen molar-refractivity contribution in [2.75, 3.05) is 0 Å². The first-order valence-electron chi connectivity index (χ1n) is 6.18. The number of hydrogen-bond donors (Lipinski definition) is 1. The Balaban J connectivity index is 2.12. The summed E-state index contributed by atoms with van der Waals surface area (Å²) in [5, 5.41) is 11.6. The third kappa shape index (κ3) is 2.19. The lowest BCUT2D eigenvalue weighted by atomic mass is 10.0. The van der Waals surface area contributed by atoms with Gasteiger partial charge >= 0.3 is 0 Å². The van der Waals surface area contributed by atoms with Crippen molar-refractivity contribution in [3.8, 4) is 0 Å². The fourth-order valence-electron chi connectivity index (χ4n) is 2.30. The second-order valence-corrected chi connectivity index (χ2v) is 5.13. The summed E-state index contributed by atoms with van der Waals surface area (Å²) in [4.78, 5) is 0. The minimum absolute atomic E-state index is 0.329. The zero-order valence-corrected chi connectivity index (χ0v) is 11.5. The van der Waals surface area contributed by atoms with Crippen LogP contribution in [0.4, 0.5) is 4.39 Å². The molecule has 1 heterocycles. The van der Waals surface area contributed by atoms with Crippen LogP contribution in [0, 0.1) is 12.7 Å². The normalized spacial score (nSPS) is 12.8. The van der Waals surface area contributed by atoms with Crippen LogP contribution in [0.5, 0.6) is 0 Å². The Morgan fingerprint density at radius 1 is 1.20 bits per heavy atom. The van der Waals surface area contributed by atoms with Crippen LogP contribution in [-0.2, 0) is 0 Å². The summed E-state index contributed by atoms with van der Waals surface area (Å²) >= 11 is 5.92. The average molecular weight is 291 g/mol. The maximum absolute atomic E-state index is 13.3. The Hall–Kier alpha value is -1.84. The molecule has 0 amide bonds. The molecular formula is C16H12ClFO2. The molecule has 1 unspecified atom stereocenters. The van der Waals surface area contributed by atoms with Gasteiger partial charge in [0.05, 0.1) is 0 Å². The monoisotopic (exact) mass is 290 g/mol. The van der Waals surface area contributed by atoms with Crippen LogP contribution in [0.3, 0.4) is 0 Å². The fourth-order valence-corrected chi connectivity index (χ4v) is 2.50. The first-order chi connectivity index (χ1) is 9.56. The van der Waals surface area contributed by atoms with Crippen LogP contribution in [0.2, 0.25) is 5.02 Å². The highest BCUT2D eigenvalue weighted by atomic mass is 35.5.